The van der Waals surface area contributed by atoms with Crippen molar-refractivity contribution in [1.29, 1.82) is 0 Å². The summed E-state index contributed by atoms with van der Waals surface area (Å²) in [5.74, 6) is -0.0949. The van der Waals surface area contributed by atoms with Crippen molar-refractivity contribution < 1.29 is 25.0 Å². The fraction of sp³-hybridized carbons (Fsp3) is 0.917. The Bertz CT molecular complexity index is 456. The Hall–Kier alpha value is -0.980. The maximum Gasteiger partial charge on any atom is 0.198 e. The molecule has 6 heteroatoms. The molecule has 6 nitrogen and oxygen atoms in total. The predicted octanol–water partition coefficient (Wildman–Crippen LogP) is 3.39. The Labute approximate surface area is 184 Å². The van der Waals surface area contributed by atoms with E-state index in [4.69, 9.17) is 0 Å². The van der Waals surface area contributed by atoms with Gasteiger partial charge in [-0.25, -0.2) is 4.99 Å². The molecular formula is C24H48N2O4. The van der Waals surface area contributed by atoms with Crippen molar-refractivity contribution >= 4 is 11.8 Å². The van der Waals surface area contributed by atoms with Gasteiger partial charge in [0.15, 0.2) is 5.84 Å². The molecule has 0 fully saturated rings. The van der Waals surface area contributed by atoms with Gasteiger partial charge in [0, 0.05) is 6.42 Å². The van der Waals surface area contributed by atoms with E-state index in [9.17, 15) is 15.0 Å². The maximum absolute atomic E-state index is 11.1. The summed E-state index contributed by atoms with van der Waals surface area (Å²) in [4.78, 5) is 15.7. The molecule has 30 heavy (non-hydrogen) atoms. The van der Waals surface area contributed by atoms with Crippen LogP contribution in [0.15, 0.2) is 4.99 Å². The number of aliphatic hydroxyl groups excluding tert-OH is 1. The molecule has 1 rings (SSSR count). The van der Waals surface area contributed by atoms with Crippen LogP contribution in [0.4, 0.5) is 0 Å². The Kier molecular flexibility index (Phi) is 18.1. The van der Waals surface area contributed by atoms with Crippen LogP contribution in [0.1, 0.15) is 110 Å². The number of aliphatic imine (C=N–C) groups is 1. The Morgan fingerprint density at radius 1 is 0.900 bits per heavy atom. The first kappa shape index (κ1) is 29.0. The quantitative estimate of drug-likeness (QED) is 0.237. The van der Waals surface area contributed by atoms with Gasteiger partial charge in [-0.15, -0.1) is 0 Å². The van der Waals surface area contributed by atoms with Crippen LogP contribution in [-0.4, -0.2) is 59.7 Å². The Morgan fingerprint density at radius 2 is 1.37 bits per heavy atom. The topological polar surface area (TPSA) is 104 Å². The number of hydrogen-bond acceptors (Lipinski definition) is 4. The zero-order chi connectivity index (χ0) is 21.2. The Balaban J connectivity index is 0.00000841. The minimum atomic E-state index is -1.05. The van der Waals surface area contributed by atoms with Gasteiger partial charge in [0.2, 0.25) is 0 Å². The van der Waals surface area contributed by atoms with Crippen molar-refractivity contribution in [3.8, 4) is 0 Å². The van der Waals surface area contributed by atoms with Crippen LogP contribution in [0, 0.1) is 0 Å². The van der Waals surface area contributed by atoms with E-state index in [2.05, 4.69) is 11.9 Å². The standard InChI is InChI=1S/C24H46N2O3.H2O/c1-2-3-4-5-6-7-8-9-10-11-12-13-14-15-16-17-23-25-18-19-26(23,20-21-27)22-24(28)29;/h27H,2-22H2,1H3;1H2. The minimum Gasteiger partial charge on any atom is -0.544 e. The zero-order valence-corrected chi connectivity index (χ0v) is 19.5. The number of rotatable bonds is 20. The number of carboxylic acid groups (broad SMARTS) is 1. The molecule has 1 atom stereocenters. The van der Waals surface area contributed by atoms with Crippen LogP contribution in [-0.2, 0) is 4.79 Å². The van der Waals surface area contributed by atoms with Gasteiger partial charge >= 0.3 is 0 Å². The van der Waals surface area contributed by atoms with Gasteiger partial charge in [-0.1, -0.05) is 96.8 Å². The fourth-order valence-corrected chi connectivity index (χ4v) is 4.55. The number of carbonyl (C=O) groups excluding carboxylic acids is 1. The summed E-state index contributed by atoms with van der Waals surface area (Å²) in [6, 6.07) is 0. The molecule has 0 saturated carbocycles. The number of aliphatic hydroxyl groups is 1. The van der Waals surface area contributed by atoms with E-state index in [1.54, 1.807) is 0 Å². The van der Waals surface area contributed by atoms with Crippen molar-refractivity contribution in [3.05, 3.63) is 0 Å². The van der Waals surface area contributed by atoms with Gasteiger partial charge in [-0.05, 0) is 6.42 Å². The highest BCUT2D eigenvalue weighted by Gasteiger charge is 2.37. The first-order valence-electron chi connectivity index (χ1n) is 12.4. The van der Waals surface area contributed by atoms with E-state index < -0.39 is 5.97 Å². The third-order valence-electron chi connectivity index (χ3n) is 6.33. The third kappa shape index (κ3) is 12.7. The molecule has 1 unspecified atom stereocenters. The number of nitrogens with zero attached hydrogens (tertiary/aromatic N) is 2. The van der Waals surface area contributed by atoms with Gasteiger partial charge in [-0.2, -0.15) is 0 Å². The van der Waals surface area contributed by atoms with Crippen LogP contribution in [0.5, 0.6) is 0 Å². The van der Waals surface area contributed by atoms with Crippen molar-refractivity contribution in [2.24, 2.45) is 4.99 Å². The second-order valence-electron chi connectivity index (χ2n) is 8.84. The van der Waals surface area contributed by atoms with Crippen LogP contribution in [0.25, 0.3) is 0 Å². The molecule has 0 saturated heterocycles. The summed E-state index contributed by atoms with van der Waals surface area (Å²) in [6.45, 7) is 3.99. The number of aliphatic carboxylic acids is 1. The molecular weight excluding hydrogens is 380 g/mol. The lowest BCUT2D eigenvalue weighted by Gasteiger charge is -2.34. The summed E-state index contributed by atoms with van der Waals surface area (Å²) in [7, 11) is 0. The fourth-order valence-electron chi connectivity index (χ4n) is 4.55. The van der Waals surface area contributed by atoms with Crippen LogP contribution >= 0.6 is 0 Å². The molecule has 1 aliphatic heterocycles. The molecule has 0 aromatic rings. The molecule has 0 spiro atoms. The lowest BCUT2D eigenvalue weighted by atomic mass is 10.0. The summed E-state index contributed by atoms with van der Waals surface area (Å²) < 4.78 is 0.303. The molecule has 0 bridgehead atoms. The Morgan fingerprint density at radius 3 is 1.80 bits per heavy atom. The normalized spacial score (nSPS) is 18.3. The number of quaternary nitrogens is 1. The lowest BCUT2D eigenvalue weighted by molar-refractivity contribution is -0.831. The summed E-state index contributed by atoms with van der Waals surface area (Å²) >= 11 is 0. The molecule has 0 radical (unpaired) electrons. The molecule has 3 N–H and O–H groups in total. The van der Waals surface area contributed by atoms with E-state index in [1.165, 1.54) is 89.9 Å². The van der Waals surface area contributed by atoms with Crippen molar-refractivity contribution in [2.45, 2.75) is 110 Å². The summed E-state index contributed by atoms with van der Waals surface area (Å²) in [5, 5.41) is 20.5. The smallest absolute Gasteiger partial charge is 0.198 e. The largest absolute Gasteiger partial charge is 0.544 e. The predicted molar refractivity (Wildman–Crippen MR) is 122 cm³/mol. The molecule has 1 heterocycles. The second kappa shape index (κ2) is 18.8. The van der Waals surface area contributed by atoms with Gasteiger partial charge in [0.25, 0.3) is 0 Å². The number of unbranched alkanes of at least 4 members (excludes halogenated alkanes) is 14. The highest BCUT2D eigenvalue weighted by atomic mass is 16.4. The van der Waals surface area contributed by atoms with E-state index in [0.717, 1.165) is 18.7 Å². The first-order chi connectivity index (χ1) is 14.1. The zero-order valence-electron chi connectivity index (χ0n) is 19.5. The number of carboxylic acids is 1. The highest BCUT2D eigenvalue weighted by Crippen LogP contribution is 2.20. The van der Waals surface area contributed by atoms with Gasteiger partial charge in [-0.3, -0.25) is 4.48 Å². The van der Waals surface area contributed by atoms with E-state index in [0.29, 0.717) is 24.1 Å². The third-order valence-corrected chi connectivity index (χ3v) is 6.33. The van der Waals surface area contributed by atoms with Gasteiger partial charge in [0.05, 0.1) is 19.1 Å². The SMILES string of the molecule is CCCCCCCCCCCCCCCCCC1=NCC[N+]1(CCO)CC(=O)[O-].O. The molecule has 0 aromatic carbocycles. The van der Waals surface area contributed by atoms with E-state index in [-0.39, 0.29) is 18.6 Å². The molecule has 0 amide bonds. The average Bonchev–Trinajstić information content (AvgIpc) is 3.06. The van der Waals surface area contributed by atoms with Crippen LogP contribution in [0.3, 0.4) is 0 Å². The maximum atomic E-state index is 11.1. The molecule has 0 aliphatic carbocycles. The highest BCUT2D eigenvalue weighted by molar-refractivity contribution is 5.79. The summed E-state index contributed by atoms with van der Waals surface area (Å²) in [6.07, 6.45) is 21.0. The van der Waals surface area contributed by atoms with Crippen molar-refractivity contribution in [1.82, 2.24) is 0 Å². The van der Waals surface area contributed by atoms with E-state index >= 15 is 0 Å². The summed E-state index contributed by atoms with van der Waals surface area (Å²) in [5.41, 5.74) is 0. The van der Waals surface area contributed by atoms with Gasteiger partial charge < -0.3 is 20.5 Å². The van der Waals surface area contributed by atoms with Crippen LogP contribution in [0.2, 0.25) is 0 Å². The molecule has 178 valence electrons. The van der Waals surface area contributed by atoms with Crippen molar-refractivity contribution in [3.63, 3.8) is 0 Å². The minimum absolute atomic E-state index is 0. The van der Waals surface area contributed by atoms with Crippen LogP contribution < -0.4 is 5.11 Å². The van der Waals surface area contributed by atoms with Crippen molar-refractivity contribution in [2.75, 3.05) is 32.8 Å². The number of carbonyl (C=O) groups is 1. The van der Waals surface area contributed by atoms with Gasteiger partial charge in [0.1, 0.15) is 19.6 Å². The second-order valence-corrected chi connectivity index (χ2v) is 8.84. The first-order valence-corrected chi connectivity index (χ1v) is 12.4. The van der Waals surface area contributed by atoms with E-state index in [1.807, 2.05) is 0 Å². The monoisotopic (exact) mass is 428 g/mol. The molecule has 1 aliphatic rings. The average molecular weight is 429 g/mol. The molecule has 0 aromatic heterocycles. The number of amidine groups is 1. The number of hydrogen-bond donors (Lipinski definition) is 1. The lowest BCUT2D eigenvalue weighted by Crippen LogP contribution is -2.57.